The van der Waals surface area contributed by atoms with Crippen LogP contribution in [0.2, 0.25) is 0 Å². The van der Waals surface area contributed by atoms with Crippen molar-refractivity contribution in [3.8, 4) is 0 Å². The molecule has 0 bridgehead atoms. The van der Waals surface area contributed by atoms with E-state index in [1.165, 1.54) is 12.1 Å². The zero-order valence-corrected chi connectivity index (χ0v) is 15.6. The lowest BCUT2D eigenvalue weighted by molar-refractivity contribution is -0.137. The van der Waals surface area contributed by atoms with Crippen LogP contribution in [0.3, 0.4) is 0 Å². The zero-order chi connectivity index (χ0) is 19.6. The van der Waals surface area contributed by atoms with Gasteiger partial charge in [-0.25, -0.2) is 4.79 Å². The number of urea groups is 1. The number of carbonyl (C=O) groups is 1. The van der Waals surface area contributed by atoms with Gasteiger partial charge in [-0.05, 0) is 24.1 Å². The zero-order valence-electron chi connectivity index (χ0n) is 14.7. The Balaban J connectivity index is 1.78. The molecule has 2 unspecified atom stereocenters. The predicted octanol–water partition coefficient (Wildman–Crippen LogP) is 2.85. The molecule has 0 saturated carbocycles. The minimum absolute atomic E-state index is 0.101. The minimum Gasteiger partial charge on any atom is -0.393 e. The van der Waals surface area contributed by atoms with E-state index in [0.717, 1.165) is 17.7 Å². The number of amides is 2. The van der Waals surface area contributed by atoms with Crippen LogP contribution in [0.25, 0.3) is 0 Å². The number of alkyl halides is 3. The van der Waals surface area contributed by atoms with Gasteiger partial charge in [0.05, 0.1) is 23.8 Å². The second-order valence-corrected chi connectivity index (χ2v) is 7.41. The number of piperidine rings is 1. The van der Waals surface area contributed by atoms with E-state index in [1.54, 1.807) is 9.80 Å². The molecule has 0 spiro atoms. The summed E-state index contributed by atoms with van der Waals surface area (Å²) >= 11 is 5.14. The number of carbonyl (C=O) groups excluding carboxylic acids is 1. The molecule has 1 aromatic carbocycles. The van der Waals surface area contributed by atoms with Crippen molar-refractivity contribution in [1.82, 2.24) is 9.80 Å². The van der Waals surface area contributed by atoms with Gasteiger partial charge in [0.15, 0.2) is 0 Å². The number of hydrogen-bond donors (Lipinski definition) is 1. The second kappa shape index (κ2) is 8.02. The summed E-state index contributed by atoms with van der Waals surface area (Å²) < 4.78 is 43.7. The molecule has 2 aliphatic rings. The summed E-state index contributed by atoms with van der Waals surface area (Å²) in [6.07, 6.45) is -3.75. The molecule has 0 aliphatic carbocycles. The van der Waals surface area contributed by atoms with Crippen molar-refractivity contribution in [3.63, 3.8) is 0 Å². The summed E-state index contributed by atoms with van der Waals surface area (Å²) in [5.74, 6) is -0.274. The summed E-state index contributed by atoms with van der Waals surface area (Å²) in [5.41, 5.74) is 5.91. The molecular formula is C18H22F3N3O2S. The molecular weight excluding hydrogens is 379 g/mol. The highest BCUT2D eigenvalue weighted by Crippen LogP contribution is 2.34. The summed E-state index contributed by atoms with van der Waals surface area (Å²) in [5, 5.41) is 0. The van der Waals surface area contributed by atoms with Crippen LogP contribution in [-0.2, 0) is 10.9 Å². The maximum absolute atomic E-state index is 12.8. The van der Waals surface area contributed by atoms with Crippen molar-refractivity contribution in [2.75, 3.05) is 39.4 Å². The van der Waals surface area contributed by atoms with Gasteiger partial charge in [0.2, 0.25) is 0 Å². The average Bonchev–Trinajstić information content (AvgIpc) is 2.67. The lowest BCUT2D eigenvalue weighted by Gasteiger charge is -2.40. The van der Waals surface area contributed by atoms with Crippen LogP contribution < -0.4 is 5.73 Å². The Labute approximate surface area is 161 Å². The van der Waals surface area contributed by atoms with Gasteiger partial charge < -0.3 is 20.3 Å². The minimum atomic E-state index is -4.37. The van der Waals surface area contributed by atoms with Crippen LogP contribution in [0.4, 0.5) is 18.0 Å². The Kier molecular flexibility index (Phi) is 5.90. The van der Waals surface area contributed by atoms with Crippen LogP contribution in [-0.4, -0.2) is 60.2 Å². The van der Waals surface area contributed by atoms with Crippen molar-refractivity contribution in [3.05, 3.63) is 35.4 Å². The highest BCUT2D eigenvalue weighted by Gasteiger charge is 2.35. The molecule has 2 amide bonds. The van der Waals surface area contributed by atoms with Gasteiger partial charge in [0, 0.05) is 38.0 Å². The van der Waals surface area contributed by atoms with Crippen LogP contribution in [0.1, 0.15) is 23.5 Å². The third-order valence-electron chi connectivity index (χ3n) is 5.11. The van der Waals surface area contributed by atoms with Crippen molar-refractivity contribution >= 4 is 23.2 Å². The lowest BCUT2D eigenvalue weighted by Crippen LogP contribution is -2.53. The first-order valence-electron chi connectivity index (χ1n) is 8.84. The molecule has 0 aromatic heterocycles. The lowest BCUT2D eigenvalue weighted by atomic mass is 9.84. The normalized spacial score (nSPS) is 24.0. The van der Waals surface area contributed by atoms with Crippen molar-refractivity contribution in [2.24, 2.45) is 11.7 Å². The van der Waals surface area contributed by atoms with E-state index in [1.807, 2.05) is 0 Å². The number of nitrogens with two attached hydrogens (primary N) is 1. The molecule has 2 saturated heterocycles. The Morgan fingerprint density at radius 2 is 1.74 bits per heavy atom. The Hall–Kier alpha value is -1.87. The number of nitrogens with zero attached hydrogens (tertiary/aromatic N) is 2. The van der Waals surface area contributed by atoms with Crippen molar-refractivity contribution < 1.29 is 22.7 Å². The molecule has 2 atom stereocenters. The first-order chi connectivity index (χ1) is 12.8. The van der Waals surface area contributed by atoms with Gasteiger partial charge in [-0.2, -0.15) is 13.2 Å². The fourth-order valence-electron chi connectivity index (χ4n) is 3.60. The SMILES string of the molecule is NC(=S)C1CC(c2ccc(C(F)(F)F)cc2)CN(C(=O)N2CCOCC2)C1. The highest BCUT2D eigenvalue weighted by molar-refractivity contribution is 7.80. The Bertz CT molecular complexity index is 690. The largest absolute Gasteiger partial charge is 0.416 e. The maximum Gasteiger partial charge on any atom is 0.416 e. The number of hydrogen-bond acceptors (Lipinski definition) is 3. The van der Waals surface area contributed by atoms with Gasteiger partial charge >= 0.3 is 12.2 Å². The van der Waals surface area contributed by atoms with Crippen molar-refractivity contribution in [1.29, 1.82) is 0 Å². The highest BCUT2D eigenvalue weighted by atomic mass is 32.1. The fourth-order valence-corrected chi connectivity index (χ4v) is 3.77. The summed E-state index contributed by atoms with van der Waals surface area (Å²) in [7, 11) is 0. The van der Waals surface area contributed by atoms with Crippen molar-refractivity contribution in [2.45, 2.75) is 18.5 Å². The van der Waals surface area contributed by atoms with Gasteiger partial charge in [0.1, 0.15) is 0 Å². The summed E-state index contributed by atoms with van der Waals surface area (Å²) in [6.45, 7) is 2.92. The van der Waals surface area contributed by atoms with E-state index in [-0.39, 0.29) is 17.9 Å². The molecule has 2 heterocycles. The Morgan fingerprint density at radius 1 is 1.11 bits per heavy atom. The standard InChI is InChI=1S/C18H22F3N3O2S/c19-18(20,21)15-3-1-12(2-4-15)13-9-14(16(22)27)11-24(10-13)17(25)23-5-7-26-8-6-23/h1-4,13-14H,5-11H2,(H2,22,27). The number of rotatable bonds is 2. The molecule has 1 aromatic rings. The maximum atomic E-state index is 12.8. The predicted molar refractivity (Wildman–Crippen MR) is 98.4 cm³/mol. The quantitative estimate of drug-likeness (QED) is 0.775. The third-order valence-corrected chi connectivity index (χ3v) is 5.45. The van der Waals surface area contributed by atoms with Crippen LogP contribution in [0.15, 0.2) is 24.3 Å². The molecule has 2 N–H and O–H groups in total. The second-order valence-electron chi connectivity index (χ2n) is 6.94. The number of likely N-dealkylation sites (tertiary alicyclic amines) is 1. The number of ether oxygens (including phenoxy) is 1. The van der Waals surface area contributed by atoms with E-state index in [4.69, 9.17) is 22.7 Å². The molecule has 2 fully saturated rings. The van der Waals surface area contributed by atoms with E-state index in [2.05, 4.69) is 0 Å². The first-order valence-corrected chi connectivity index (χ1v) is 9.24. The number of thiocarbonyl (C=S) groups is 1. The number of halogens is 3. The first kappa shape index (κ1) is 19.9. The molecule has 148 valence electrons. The summed E-state index contributed by atoms with van der Waals surface area (Å²) in [6, 6.07) is 5.01. The third kappa shape index (κ3) is 4.70. The van der Waals surface area contributed by atoms with Crippen LogP contribution in [0.5, 0.6) is 0 Å². The van der Waals surface area contributed by atoms with Crippen LogP contribution in [0, 0.1) is 5.92 Å². The Morgan fingerprint density at radius 3 is 2.30 bits per heavy atom. The number of benzene rings is 1. The van der Waals surface area contributed by atoms with Gasteiger partial charge in [0.25, 0.3) is 0 Å². The van der Waals surface area contributed by atoms with E-state index in [9.17, 15) is 18.0 Å². The number of morpholine rings is 1. The van der Waals surface area contributed by atoms with Gasteiger partial charge in [-0.3, -0.25) is 0 Å². The van der Waals surface area contributed by atoms with Gasteiger partial charge in [-0.1, -0.05) is 24.4 Å². The molecule has 5 nitrogen and oxygen atoms in total. The molecule has 27 heavy (non-hydrogen) atoms. The van der Waals surface area contributed by atoms with Crippen LogP contribution >= 0.6 is 12.2 Å². The smallest absolute Gasteiger partial charge is 0.393 e. The molecule has 0 radical (unpaired) electrons. The monoisotopic (exact) mass is 401 g/mol. The summed E-state index contributed by atoms with van der Waals surface area (Å²) in [4.78, 5) is 16.6. The van der Waals surface area contributed by atoms with Gasteiger partial charge in [-0.15, -0.1) is 0 Å². The molecule has 9 heteroatoms. The topological polar surface area (TPSA) is 58.8 Å². The fraction of sp³-hybridized carbons (Fsp3) is 0.556. The molecule has 3 rings (SSSR count). The van der Waals surface area contributed by atoms with E-state index < -0.39 is 11.7 Å². The van der Waals surface area contributed by atoms with E-state index in [0.29, 0.717) is 50.8 Å². The van der Waals surface area contributed by atoms with E-state index >= 15 is 0 Å². The average molecular weight is 401 g/mol. The molecule has 2 aliphatic heterocycles.